The van der Waals surface area contributed by atoms with Gasteiger partial charge in [-0.3, -0.25) is 9.78 Å². The van der Waals surface area contributed by atoms with Crippen molar-refractivity contribution >= 4 is 24.7 Å². The molecule has 4 N–H and O–H groups in total. The number of H-pyrrole nitrogens is 1. The zero-order chi connectivity index (χ0) is 14.9. The number of hydrogen-bond donors (Lipinski definition) is 3. The van der Waals surface area contributed by atoms with E-state index in [0.29, 0.717) is 0 Å². The molecule has 0 radical (unpaired) electrons. The van der Waals surface area contributed by atoms with Gasteiger partial charge in [0.1, 0.15) is 0 Å². The van der Waals surface area contributed by atoms with E-state index in [9.17, 15) is 24.3 Å². The van der Waals surface area contributed by atoms with Crippen molar-refractivity contribution in [3.05, 3.63) is 16.7 Å². The summed E-state index contributed by atoms with van der Waals surface area (Å²) >= 11 is 0. The molecule has 2 aromatic heterocycles. The van der Waals surface area contributed by atoms with Crippen molar-refractivity contribution in [2.75, 3.05) is 11.9 Å². The van der Waals surface area contributed by atoms with Crippen LogP contribution in [0.25, 0.3) is 11.2 Å². The maximum atomic E-state index is 11.5. The van der Waals surface area contributed by atoms with Crippen LogP contribution in [0.3, 0.4) is 0 Å². The normalized spacial score (nSPS) is 12.5. The smallest absolute Gasteiger partial charge is 0.811 e. The van der Waals surface area contributed by atoms with Crippen molar-refractivity contribution in [1.29, 1.82) is 0 Å². The summed E-state index contributed by atoms with van der Waals surface area (Å²) < 4.78 is 12.0. The molecule has 0 aromatic carbocycles. The summed E-state index contributed by atoms with van der Waals surface area (Å²) in [5.41, 5.74) is 5.24. The number of fused-ring (bicyclic) bond motifs is 1. The molecule has 22 heavy (non-hydrogen) atoms. The van der Waals surface area contributed by atoms with Gasteiger partial charge < -0.3 is 29.8 Å². The molecule has 0 aliphatic carbocycles. The zero-order valence-corrected chi connectivity index (χ0v) is 17.1. The fourth-order valence-electron chi connectivity index (χ4n) is 1.77. The Kier molecular flexibility index (Phi) is 9.04. The van der Waals surface area contributed by atoms with Crippen LogP contribution in [0.2, 0.25) is 0 Å². The average Bonchev–Trinajstić information content (AvgIpc) is 2.67. The summed E-state index contributed by atoms with van der Waals surface area (Å²) in [4.78, 5) is 42.6. The predicted molar refractivity (Wildman–Crippen MR) is 65.7 cm³/mol. The van der Waals surface area contributed by atoms with Crippen LogP contribution in [0.5, 0.6) is 0 Å². The van der Waals surface area contributed by atoms with Crippen LogP contribution in [-0.2, 0) is 11.1 Å². The summed E-state index contributed by atoms with van der Waals surface area (Å²) in [6.45, 7) is 0.146. The van der Waals surface area contributed by atoms with Crippen molar-refractivity contribution in [2.24, 2.45) is 0 Å². The molecule has 2 rings (SSSR count). The molecular weight excluding hydrogens is 335 g/mol. The van der Waals surface area contributed by atoms with Crippen molar-refractivity contribution in [2.45, 2.75) is 19.1 Å². The quantitative estimate of drug-likeness (QED) is 0.353. The van der Waals surface area contributed by atoms with E-state index in [1.165, 1.54) is 10.9 Å². The van der Waals surface area contributed by atoms with Gasteiger partial charge in [0.25, 0.3) is 5.56 Å². The molecule has 0 amide bonds. The molecule has 0 bridgehead atoms. The molecule has 13 heteroatoms. The number of anilines is 1. The second-order valence-electron chi connectivity index (χ2n) is 4.30. The molecule has 0 spiro atoms. The first-order valence-corrected chi connectivity index (χ1v) is 7.39. The SMILES string of the molecule is Nc1nc2c(ncn2CC[C@H](O)CP(=O)([O-])[O-])c(=O)[nH]1.[Na+].[Na+]. The number of hydrogen-bond acceptors (Lipinski definition) is 8. The van der Waals surface area contributed by atoms with Crippen molar-refractivity contribution in [3.63, 3.8) is 0 Å². The first-order chi connectivity index (χ1) is 9.26. The van der Waals surface area contributed by atoms with Gasteiger partial charge in [0.2, 0.25) is 5.95 Å². The first-order valence-electron chi connectivity index (χ1n) is 5.66. The monoisotopic (exact) mass is 347 g/mol. The third kappa shape index (κ3) is 6.04. The van der Waals surface area contributed by atoms with Gasteiger partial charge in [-0.1, -0.05) is 7.60 Å². The fourth-order valence-corrected chi connectivity index (χ4v) is 2.47. The third-order valence-electron chi connectivity index (χ3n) is 2.63. The largest absolute Gasteiger partial charge is 1.00 e. The van der Waals surface area contributed by atoms with E-state index >= 15 is 0 Å². The molecule has 1 atom stereocenters. The topological polar surface area (TPSA) is 173 Å². The molecular formula is C9H12N5Na2O5P. The summed E-state index contributed by atoms with van der Waals surface area (Å²) in [5.74, 6) is -0.0755. The van der Waals surface area contributed by atoms with Gasteiger partial charge in [-0.25, -0.2) is 4.98 Å². The molecule has 0 saturated carbocycles. The number of aromatic amines is 1. The Morgan fingerprint density at radius 2 is 2.09 bits per heavy atom. The summed E-state index contributed by atoms with van der Waals surface area (Å²) in [7, 11) is -4.76. The van der Waals surface area contributed by atoms with Gasteiger partial charge in [0.05, 0.1) is 12.4 Å². The number of rotatable bonds is 5. The standard InChI is InChI=1S/C9H14N5O5P.2Na/c10-9-12-7-6(8(16)13-9)11-4-14(7)2-1-5(15)3-20(17,18)19;;/h4-5,15H,1-3H2,(H2,17,18,19)(H3,10,12,13,16);;/q;2*+1/p-2/t5-;;/m0../s1. The molecule has 0 aliphatic rings. The van der Waals surface area contributed by atoms with E-state index in [1.54, 1.807) is 0 Å². The Balaban J connectivity index is 0.00000220. The van der Waals surface area contributed by atoms with Crippen molar-refractivity contribution in [1.82, 2.24) is 19.5 Å². The molecule has 0 unspecified atom stereocenters. The Hall–Kier alpha value is 0.260. The van der Waals surface area contributed by atoms with E-state index in [4.69, 9.17) is 5.73 Å². The Morgan fingerprint density at radius 3 is 2.68 bits per heavy atom. The molecule has 0 saturated heterocycles. The number of aromatic nitrogens is 4. The van der Waals surface area contributed by atoms with Crippen LogP contribution in [0.4, 0.5) is 5.95 Å². The van der Waals surface area contributed by atoms with E-state index in [0.717, 1.165) is 0 Å². The summed E-state index contributed by atoms with van der Waals surface area (Å²) in [5, 5.41) is 9.45. The average molecular weight is 347 g/mol. The second kappa shape index (κ2) is 8.93. The number of nitrogens with one attached hydrogen (secondary N) is 1. The summed E-state index contributed by atoms with van der Waals surface area (Å²) in [6.07, 6.45) is -0.787. The van der Waals surface area contributed by atoms with E-state index in [-0.39, 0.29) is 89.2 Å². The number of aliphatic hydroxyl groups excluding tert-OH is 1. The Bertz CT molecular complexity index is 729. The molecule has 2 heterocycles. The third-order valence-corrected chi connectivity index (χ3v) is 3.50. The van der Waals surface area contributed by atoms with Crippen molar-refractivity contribution < 1.29 is 78.6 Å². The van der Waals surface area contributed by atoms with Gasteiger partial charge >= 0.3 is 59.1 Å². The minimum absolute atomic E-state index is 0. The van der Waals surface area contributed by atoms with Gasteiger partial charge in [0.15, 0.2) is 11.2 Å². The van der Waals surface area contributed by atoms with E-state index in [2.05, 4.69) is 15.0 Å². The minimum Gasteiger partial charge on any atom is -0.811 e. The van der Waals surface area contributed by atoms with Crippen LogP contribution in [0, 0.1) is 0 Å². The number of nitrogens with zero attached hydrogens (tertiary/aromatic N) is 3. The number of aryl methyl sites for hydroxylation is 1. The number of nitrogen functional groups attached to an aromatic ring is 1. The molecule has 10 nitrogen and oxygen atoms in total. The van der Waals surface area contributed by atoms with Crippen LogP contribution >= 0.6 is 7.60 Å². The second-order valence-corrected chi connectivity index (χ2v) is 5.88. The summed E-state index contributed by atoms with van der Waals surface area (Å²) in [6, 6.07) is 0. The van der Waals surface area contributed by atoms with E-state index < -0.39 is 25.4 Å². The number of nitrogens with two attached hydrogens (primary N) is 1. The molecule has 0 fully saturated rings. The van der Waals surface area contributed by atoms with Gasteiger partial charge in [-0.05, 0) is 6.42 Å². The van der Waals surface area contributed by atoms with Crippen LogP contribution in [-0.4, -0.2) is 36.9 Å². The first kappa shape index (κ1) is 22.3. The van der Waals surface area contributed by atoms with Crippen molar-refractivity contribution in [3.8, 4) is 0 Å². The molecule has 0 aliphatic heterocycles. The predicted octanol–water partition coefficient (Wildman–Crippen LogP) is -8.63. The number of aliphatic hydroxyl groups is 1. The van der Waals surface area contributed by atoms with Gasteiger partial charge in [-0.2, -0.15) is 4.98 Å². The Morgan fingerprint density at radius 1 is 1.45 bits per heavy atom. The zero-order valence-electron chi connectivity index (χ0n) is 12.2. The maximum absolute atomic E-state index is 11.5. The van der Waals surface area contributed by atoms with Crippen LogP contribution < -0.4 is 80.2 Å². The Labute approximate surface area is 169 Å². The van der Waals surface area contributed by atoms with E-state index in [1.807, 2.05) is 0 Å². The maximum Gasteiger partial charge on any atom is 1.00 e. The van der Waals surface area contributed by atoms with Gasteiger partial charge in [-0.15, -0.1) is 0 Å². The van der Waals surface area contributed by atoms with Gasteiger partial charge in [0, 0.05) is 12.7 Å². The minimum atomic E-state index is -4.76. The van der Waals surface area contributed by atoms with Crippen LogP contribution in [0.1, 0.15) is 6.42 Å². The number of imidazole rings is 1. The van der Waals surface area contributed by atoms with Crippen LogP contribution in [0.15, 0.2) is 11.1 Å². The molecule has 2 aromatic rings. The fraction of sp³-hybridized carbons (Fsp3) is 0.444. The molecule has 110 valence electrons.